The van der Waals surface area contributed by atoms with Gasteiger partial charge in [-0.3, -0.25) is 11.1 Å². The van der Waals surface area contributed by atoms with Gasteiger partial charge in [0.25, 0.3) is 0 Å². The third-order valence-corrected chi connectivity index (χ3v) is 1.25. The molecule has 0 aromatic heterocycles. The van der Waals surface area contributed by atoms with E-state index in [9.17, 15) is 0 Å². The zero-order valence-electron chi connectivity index (χ0n) is 5.11. The fraction of sp³-hybridized carbons (Fsp3) is 0.800. The van der Waals surface area contributed by atoms with E-state index in [2.05, 4.69) is 5.32 Å². The maximum atomic E-state index is 6.89. The molecule has 1 heterocycles. The van der Waals surface area contributed by atoms with E-state index in [0.717, 1.165) is 6.54 Å². The van der Waals surface area contributed by atoms with Crippen molar-refractivity contribution in [3.63, 3.8) is 0 Å². The number of amidine groups is 1. The number of morpholine rings is 1. The minimum atomic E-state index is -0.307. The maximum absolute atomic E-state index is 6.89. The molecule has 3 N–H and O–H groups in total. The van der Waals surface area contributed by atoms with Gasteiger partial charge in [0, 0.05) is 13.1 Å². The Labute approximate surface area is 53.9 Å². The first-order valence-electron chi connectivity index (χ1n) is 2.93. The molecule has 0 aliphatic carbocycles. The molecule has 0 spiro atoms. The molecule has 1 aliphatic heterocycles. The molecule has 1 fully saturated rings. The molecule has 4 heteroatoms. The smallest absolute Gasteiger partial charge is 0.143 e. The predicted octanol–water partition coefficient (Wildman–Crippen LogP) is -0.765. The number of ether oxygens (including phenoxy) is 1. The van der Waals surface area contributed by atoms with Gasteiger partial charge in [0.05, 0.1) is 6.61 Å². The van der Waals surface area contributed by atoms with E-state index < -0.39 is 0 Å². The van der Waals surface area contributed by atoms with Crippen LogP contribution in [0.5, 0.6) is 0 Å². The third-order valence-electron chi connectivity index (χ3n) is 1.25. The molecule has 1 atom stereocenters. The molecule has 1 radical (unpaired) electrons. The summed E-state index contributed by atoms with van der Waals surface area (Å²) in [7, 11) is 0. The quantitative estimate of drug-likeness (QED) is 0.360. The van der Waals surface area contributed by atoms with Crippen LogP contribution in [0, 0.1) is 5.41 Å². The number of hydrogen-bond acceptors (Lipinski definition) is 3. The Bertz CT molecular complexity index is 109. The van der Waals surface area contributed by atoms with Crippen LogP contribution in [0.4, 0.5) is 0 Å². The lowest BCUT2D eigenvalue weighted by Gasteiger charge is -2.21. The number of nitrogens with one attached hydrogen (secondary N) is 3. The molecule has 1 rings (SSSR count). The molecule has 9 heavy (non-hydrogen) atoms. The first kappa shape index (κ1) is 6.51. The van der Waals surface area contributed by atoms with Crippen molar-refractivity contribution in [3.05, 3.63) is 0 Å². The Hall–Kier alpha value is -0.610. The first-order chi connectivity index (χ1) is 4.30. The van der Waals surface area contributed by atoms with Crippen LogP contribution < -0.4 is 11.1 Å². The van der Waals surface area contributed by atoms with Crippen molar-refractivity contribution in [2.24, 2.45) is 0 Å². The normalized spacial score (nSPS) is 27.8. The van der Waals surface area contributed by atoms with Crippen molar-refractivity contribution in [2.45, 2.75) is 6.10 Å². The van der Waals surface area contributed by atoms with E-state index in [-0.39, 0.29) is 11.9 Å². The monoisotopic (exact) mass is 128 g/mol. The number of rotatable bonds is 1. The van der Waals surface area contributed by atoms with Crippen molar-refractivity contribution in [3.8, 4) is 0 Å². The van der Waals surface area contributed by atoms with Gasteiger partial charge in [-0.05, 0) is 0 Å². The lowest BCUT2D eigenvalue weighted by Crippen LogP contribution is -2.43. The van der Waals surface area contributed by atoms with Gasteiger partial charge < -0.3 is 10.1 Å². The molecule has 0 aromatic rings. The summed E-state index contributed by atoms with van der Waals surface area (Å²) in [6.07, 6.45) is -0.307. The topological polar surface area (TPSA) is 68.9 Å². The summed E-state index contributed by atoms with van der Waals surface area (Å²) in [6.45, 7) is 2.07. The highest BCUT2D eigenvalue weighted by Crippen LogP contribution is 1.94. The second-order valence-electron chi connectivity index (χ2n) is 1.98. The van der Waals surface area contributed by atoms with Crippen molar-refractivity contribution < 1.29 is 4.74 Å². The Morgan fingerprint density at radius 1 is 1.67 bits per heavy atom. The lowest BCUT2D eigenvalue weighted by atomic mass is 10.3. The predicted molar refractivity (Wildman–Crippen MR) is 33.4 cm³/mol. The summed E-state index contributed by atoms with van der Waals surface area (Å²) in [5, 5.41) is 9.92. The minimum Gasteiger partial charge on any atom is -0.368 e. The average Bonchev–Trinajstić information content (AvgIpc) is 1.90. The van der Waals surface area contributed by atoms with Crippen molar-refractivity contribution in [1.82, 2.24) is 11.1 Å². The standard InChI is InChI=1S/C5H10N3O/c6-5(7)4-3-8-1-2-9-4/h4,6-8H,1-3H2. The molecule has 4 nitrogen and oxygen atoms in total. The van der Waals surface area contributed by atoms with Gasteiger partial charge in [-0.25, -0.2) is 0 Å². The van der Waals surface area contributed by atoms with Gasteiger partial charge in [0.15, 0.2) is 0 Å². The fourth-order valence-electron chi connectivity index (χ4n) is 0.751. The largest absolute Gasteiger partial charge is 0.368 e. The van der Waals surface area contributed by atoms with Crippen LogP contribution in [-0.2, 0) is 4.74 Å². The lowest BCUT2D eigenvalue weighted by molar-refractivity contribution is 0.0696. The summed E-state index contributed by atoms with van der Waals surface area (Å²) in [5.74, 6) is -0.137. The van der Waals surface area contributed by atoms with Gasteiger partial charge in [-0.2, -0.15) is 0 Å². The highest BCUT2D eigenvalue weighted by atomic mass is 16.5. The van der Waals surface area contributed by atoms with Crippen molar-refractivity contribution in [1.29, 1.82) is 5.41 Å². The van der Waals surface area contributed by atoms with Crippen LogP contribution in [0.1, 0.15) is 0 Å². The van der Waals surface area contributed by atoms with Gasteiger partial charge in [0.2, 0.25) is 0 Å². The second kappa shape index (κ2) is 2.80. The summed E-state index contributed by atoms with van der Waals surface area (Å²) < 4.78 is 5.06. The third kappa shape index (κ3) is 1.65. The summed E-state index contributed by atoms with van der Waals surface area (Å²) in [4.78, 5) is 0. The molecule has 0 aromatic carbocycles. The SMILES string of the molecule is [NH]C(=N)C1CNCCO1. The number of hydrogen-bond donors (Lipinski definition) is 2. The van der Waals surface area contributed by atoms with Crippen LogP contribution in [0.3, 0.4) is 0 Å². The maximum Gasteiger partial charge on any atom is 0.143 e. The molecule has 1 saturated heterocycles. The summed E-state index contributed by atoms with van der Waals surface area (Å²) in [6, 6.07) is 0. The van der Waals surface area contributed by atoms with Crippen molar-refractivity contribution in [2.75, 3.05) is 19.7 Å². The molecule has 1 aliphatic rings. The van der Waals surface area contributed by atoms with E-state index >= 15 is 0 Å². The van der Waals surface area contributed by atoms with Crippen LogP contribution in [0.2, 0.25) is 0 Å². The molecular weight excluding hydrogens is 118 g/mol. The summed E-state index contributed by atoms with van der Waals surface area (Å²) in [5.41, 5.74) is 6.89. The molecule has 0 bridgehead atoms. The highest BCUT2D eigenvalue weighted by molar-refractivity contribution is 5.81. The molecule has 1 unspecified atom stereocenters. The fourth-order valence-corrected chi connectivity index (χ4v) is 0.751. The molecule has 0 saturated carbocycles. The Morgan fingerprint density at radius 2 is 2.44 bits per heavy atom. The minimum absolute atomic E-state index is 0.137. The van der Waals surface area contributed by atoms with Crippen LogP contribution in [-0.4, -0.2) is 31.6 Å². The highest BCUT2D eigenvalue weighted by Gasteiger charge is 2.15. The Morgan fingerprint density at radius 3 is 2.78 bits per heavy atom. The van der Waals surface area contributed by atoms with E-state index in [1.807, 2.05) is 0 Å². The van der Waals surface area contributed by atoms with Gasteiger partial charge in [-0.1, -0.05) is 0 Å². The van der Waals surface area contributed by atoms with E-state index in [1.54, 1.807) is 0 Å². The molecular formula is C5H10N3O. The zero-order chi connectivity index (χ0) is 6.69. The van der Waals surface area contributed by atoms with Crippen LogP contribution in [0.25, 0.3) is 0 Å². The molecule has 51 valence electrons. The van der Waals surface area contributed by atoms with E-state index in [4.69, 9.17) is 15.9 Å². The van der Waals surface area contributed by atoms with E-state index in [0.29, 0.717) is 13.2 Å². The first-order valence-corrected chi connectivity index (χ1v) is 2.93. The Kier molecular flexibility index (Phi) is 2.02. The van der Waals surface area contributed by atoms with Gasteiger partial charge in [-0.15, -0.1) is 0 Å². The van der Waals surface area contributed by atoms with Gasteiger partial charge >= 0.3 is 0 Å². The average molecular weight is 128 g/mol. The van der Waals surface area contributed by atoms with Gasteiger partial charge in [0.1, 0.15) is 11.9 Å². The van der Waals surface area contributed by atoms with Crippen LogP contribution >= 0.6 is 0 Å². The molecule has 0 amide bonds. The Balaban J connectivity index is 2.31. The van der Waals surface area contributed by atoms with Crippen LogP contribution in [0.15, 0.2) is 0 Å². The van der Waals surface area contributed by atoms with E-state index in [1.165, 1.54) is 0 Å². The summed E-state index contributed by atoms with van der Waals surface area (Å²) >= 11 is 0. The zero-order valence-corrected chi connectivity index (χ0v) is 5.11. The van der Waals surface area contributed by atoms with Crippen molar-refractivity contribution >= 4 is 5.84 Å². The second-order valence-corrected chi connectivity index (χ2v) is 1.98.